The van der Waals surface area contributed by atoms with E-state index < -0.39 is 0 Å². The molecule has 0 fully saturated rings. The van der Waals surface area contributed by atoms with Crippen LogP contribution in [0.4, 0.5) is 0 Å². The molecule has 5 heteroatoms. The Kier molecular flexibility index (Phi) is 3.36. The zero-order valence-electron chi connectivity index (χ0n) is 11.2. The number of hydrogen-bond acceptors (Lipinski definition) is 3. The van der Waals surface area contributed by atoms with Gasteiger partial charge < -0.3 is 0 Å². The van der Waals surface area contributed by atoms with Crippen LogP contribution in [0.1, 0.15) is 11.4 Å². The first-order valence-electron chi connectivity index (χ1n) is 6.25. The topological polar surface area (TPSA) is 43.6 Å². The van der Waals surface area contributed by atoms with Crippen LogP contribution < -0.4 is 0 Å². The van der Waals surface area contributed by atoms with E-state index in [0.717, 1.165) is 27.0 Å². The van der Waals surface area contributed by atoms with Crippen molar-refractivity contribution >= 4 is 15.9 Å². The minimum atomic E-state index is 0.601. The highest BCUT2D eigenvalue weighted by Gasteiger charge is 2.07. The molecule has 0 unspecified atom stereocenters. The molecule has 0 bridgehead atoms. The Hall–Kier alpha value is -2.01. The summed E-state index contributed by atoms with van der Waals surface area (Å²) in [5.74, 6) is 0.601. The van der Waals surface area contributed by atoms with E-state index in [1.165, 1.54) is 0 Å². The highest BCUT2D eigenvalue weighted by Crippen LogP contribution is 2.22. The molecule has 2 aromatic heterocycles. The van der Waals surface area contributed by atoms with Gasteiger partial charge in [-0.05, 0) is 37.6 Å². The Bertz CT molecular complexity index is 744. The Morgan fingerprint density at radius 3 is 2.45 bits per heavy atom. The van der Waals surface area contributed by atoms with E-state index in [0.29, 0.717) is 5.95 Å². The van der Waals surface area contributed by atoms with E-state index in [1.807, 2.05) is 44.4 Å². The fourth-order valence-corrected chi connectivity index (χ4v) is 2.46. The van der Waals surface area contributed by atoms with E-state index >= 15 is 0 Å². The molecule has 100 valence electrons. The maximum atomic E-state index is 4.41. The van der Waals surface area contributed by atoms with Gasteiger partial charge in [0.15, 0.2) is 0 Å². The van der Waals surface area contributed by atoms with Crippen LogP contribution in [-0.4, -0.2) is 19.7 Å². The van der Waals surface area contributed by atoms with Crippen molar-refractivity contribution in [2.75, 3.05) is 0 Å². The van der Waals surface area contributed by atoms with Crippen LogP contribution in [0.15, 0.2) is 47.2 Å². The van der Waals surface area contributed by atoms with Crippen molar-refractivity contribution in [1.29, 1.82) is 0 Å². The van der Waals surface area contributed by atoms with Crippen molar-refractivity contribution in [3.05, 3.63) is 58.6 Å². The Morgan fingerprint density at radius 2 is 1.75 bits per heavy atom. The fourth-order valence-electron chi connectivity index (χ4n) is 2.06. The van der Waals surface area contributed by atoms with Crippen LogP contribution in [0, 0.1) is 13.8 Å². The van der Waals surface area contributed by atoms with E-state index in [9.17, 15) is 0 Å². The van der Waals surface area contributed by atoms with E-state index in [4.69, 9.17) is 0 Å². The van der Waals surface area contributed by atoms with Crippen molar-refractivity contribution in [3.63, 3.8) is 0 Å². The molecule has 1 aromatic carbocycles. The van der Waals surface area contributed by atoms with Gasteiger partial charge in [-0.25, -0.2) is 14.6 Å². The molecule has 2 heterocycles. The lowest BCUT2D eigenvalue weighted by Crippen LogP contribution is -2.03. The molecule has 0 saturated heterocycles. The second-order valence-electron chi connectivity index (χ2n) is 4.63. The Balaban J connectivity index is 2.02. The molecule has 0 aliphatic heterocycles. The van der Waals surface area contributed by atoms with E-state index in [1.54, 1.807) is 4.68 Å². The molecular weight excluding hydrogens is 316 g/mol. The summed E-state index contributed by atoms with van der Waals surface area (Å²) in [6.07, 6.45) is 3.76. The number of benzene rings is 1. The summed E-state index contributed by atoms with van der Waals surface area (Å²) < 4.78 is 2.75. The first-order valence-corrected chi connectivity index (χ1v) is 7.04. The molecule has 0 N–H and O–H groups in total. The maximum Gasteiger partial charge on any atom is 0.250 e. The predicted octanol–water partition coefficient (Wildman–Crippen LogP) is 3.71. The monoisotopic (exact) mass is 328 g/mol. The minimum absolute atomic E-state index is 0.601. The summed E-state index contributed by atoms with van der Waals surface area (Å²) in [7, 11) is 0. The van der Waals surface area contributed by atoms with Crippen molar-refractivity contribution in [3.8, 4) is 17.1 Å². The molecule has 0 spiro atoms. The van der Waals surface area contributed by atoms with Crippen LogP contribution in [0.25, 0.3) is 17.1 Å². The van der Waals surface area contributed by atoms with Crippen LogP contribution in [0.5, 0.6) is 0 Å². The van der Waals surface area contributed by atoms with Gasteiger partial charge in [-0.1, -0.05) is 28.1 Å². The molecule has 0 aliphatic carbocycles. The summed E-state index contributed by atoms with van der Waals surface area (Å²) in [6, 6.07) is 10.1. The number of aromatic nitrogens is 4. The predicted molar refractivity (Wildman–Crippen MR) is 81.8 cm³/mol. The highest BCUT2D eigenvalue weighted by atomic mass is 79.9. The first-order chi connectivity index (χ1) is 9.61. The summed E-state index contributed by atoms with van der Waals surface area (Å²) in [5.41, 5.74) is 4.02. The average Bonchev–Trinajstić information content (AvgIpc) is 2.87. The van der Waals surface area contributed by atoms with Gasteiger partial charge in [0.05, 0.1) is 6.20 Å². The summed E-state index contributed by atoms with van der Waals surface area (Å²) in [5, 5.41) is 4.35. The van der Waals surface area contributed by atoms with Crippen molar-refractivity contribution < 1.29 is 0 Å². The summed E-state index contributed by atoms with van der Waals surface area (Å²) in [6.45, 7) is 3.91. The standard InChI is InChI=1S/C15H13BrN4/c1-10-6-11(2)19-15(18-10)20-9-13(8-17-20)12-4-3-5-14(16)7-12/h3-9H,1-2H3. The number of aryl methyl sites for hydroxylation is 2. The number of hydrogen-bond donors (Lipinski definition) is 0. The molecule has 0 aliphatic rings. The molecule has 0 saturated carbocycles. The maximum absolute atomic E-state index is 4.41. The smallest absolute Gasteiger partial charge is 0.216 e. The van der Waals surface area contributed by atoms with Gasteiger partial charge >= 0.3 is 0 Å². The molecule has 20 heavy (non-hydrogen) atoms. The Labute approximate surface area is 125 Å². The molecule has 3 rings (SSSR count). The zero-order valence-corrected chi connectivity index (χ0v) is 12.8. The van der Waals surface area contributed by atoms with E-state index in [2.05, 4.69) is 43.1 Å². The quantitative estimate of drug-likeness (QED) is 0.720. The van der Waals surface area contributed by atoms with Crippen molar-refractivity contribution in [1.82, 2.24) is 19.7 Å². The lowest BCUT2D eigenvalue weighted by molar-refractivity contribution is 0.794. The number of nitrogens with zero attached hydrogens (tertiary/aromatic N) is 4. The Morgan fingerprint density at radius 1 is 1.00 bits per heavy atom. The molecule has 0 radical (unpaired) electrons. The van der Waals surface area contributed by atoms with Gasteiger partial charge in [-0.2, -0.15) is 5.10 Å². The van der Waals surface area contributed by atoms with E-state index in [-0.39, 0.29) is 0 Å². The van der Waals surface area contributed by atoms with Gasteiger partial charge in [-0.15, -0.1) is 0 Å². The first kappa shape index (κ1) is 13.0. The SMILES string of the molecule is Cc1cc(C)nc(-n2cc(-c3cccc(Br)c3)cn2)n1. The zero-order chi connectivity index (χ0) is 14.1. The van der Waals surface area contributed by atoms with Gasteiger partial charge in [0.25, 0.3) is 5.95 Å². The molecule has 4 nitrogen and oxygen atoms in total. The summed E-state index contributed by atoms with van der Waals surface area (Å²) >= 11 is 3.48. The third-order valence-electron chi connectivity index (χ3n) is 2.92. The molecular formula is C15H13BrN4. The fraction of sp³-hybridized carbons (Fsp3) is 0.133. The van der Waals surface area contributed by atoms with Crippen molar-refractivity contribution in [2.24, 2.45) is 0 Å². The molecule has 0 atom stereocenters. The normalized spacial score (nSPS) is 10.8. The lowest BCUT2D eigenvalue weighted by atomic mass is 10.1. The second-order valence-corrected chi connectivity index (χ2v) is 5.55. The molecule has 3 aromatic rings. The molecule has 0 amide bonds. The third kappa shape index (κ3) is 2.63. The average molecular weight is 329 g/mol. The van der Waals surface area contributed by atoms with Crippen LogP contribution in [0.2, 0.25) is 0 Å². The van der Waals surface area contributed by atoms with Crippen LogP contribution in [0.3, 0.4) is 0 Å². The van der Waals surface area contributed by atoms with Gasteiger partial charge in [-0.3, -0.25) is 0 Å². The third-order valence-corrected chi connectivity index (χ3v) is 3.41. The van der Waals surface area contributed by atoms with Gasteiger partial charge in [0, 0.05) is 27.6 Å². The van der Waals surface area contributed by atoms with Crippen LogP contribution in [-0.2, 0) is 0 Å². The van der Waals surface area contributed by atoms with Gasteiger partial charge in [0.1, 0.15) is 0 Å². The number of rotatable bonds is 2. The minimum Gasteiger partial charge on any atom is -0.216 e. The van der Waals surface area contributed by atoms with Gasteiger partial charge in [0.2, 0.25) is 0 Å². The largest absolute Gasteiger partial charge is 0.250 e. The van der Waals surface area contributed by atoms with Crippen molar-refractivity contribution in [2.45, 2.75) is 13.8 Å². The van der Waals surface area contributed by atoms with Crippen LogP contribution >= 0.6 is 15.9 Å². The second kappa shape index (κ2) is 5.17. The summed E-state index contributed by atoms with van der Waals surface area (Å²) in [4.78, 5) is 8.82. The lowest BCUT2D eigenvalue weighted by Gasteiger charge is -2.02. The number of halogens is 1. The highest BCUT2D eigenvalue weighted by molar-refractivity contribution is 9.10.